The lowest BCUT2D eigenvalue weighted by Crippen LogP contribution is -2.45. The van der Waals surface area contributed by atoms with Gasteiger partial charge < -0.3 is 14.5 Å². The third-order valence-corrected chi connectivity index (χ3v) is 8.34. The van der Waals surface area contributed by atoms with Crippen molar-refractivity contribution in [3.8, 4) is 0 Å². The van der Waals surface area contributed by atoms with Gasteiger partial charge in [-0.05, 0) is 87.0 Å². The first-order chi connectivity index (χ1) is 18.2. The summed E-state index contributed by atoms with van der Waals surface area (Å²) in [4.78, 5) is 24.3. The summed E-state index contributed by atoms with van der Waals surface area (Å²) in [5, 5.41) is 0.575. The molecule has 2 saturated heterocycles. The van der Waals surface area contributed by atoms with Gasteiger partial charge in [0.25, 0.3) is 5.91 Å². The second kappa shape index (κ2) is 10.6. The molecule has 200 valence electrons. The van der Waals surface area contributed by atoms with E-state index < -0.39 is 0 Å². The lowest BCUT2D eigenvalue weighted by Gasteiger charge is -2.43. The number of likely N-dealkylation sites (N-methyl/N-ethyl adjacent to an activating group) is 1. The Morgan fingerprint density at radius 3 is 2.55 bits per heavy atom. The van der Waals surface area contributed by atoms with Crippen LogP contribution in [0.3, 0.4) is 0 Å². The molecule has 8 heteroatoms. The number of hydrogen-bond acceptors (Lipinski definition) is 6. The number of carbonyl (C=O) groups is 1. The SMILES string of the molecule is CCCN1c2cc(F)c(/C=C3/SC(=Nc4ccc(N5CCOCC5)cc4)N(C)C3=O)cc2C(C)=CC1(C)C. The molecule has 0 aromatic heterocycles. The molecule has 0 unspecified atom stereocenters. The third-order valence-electron chi connectivity index (χ3n) is 7.28. The Morgan fingerprint density at radius 1 is 1.16 bits per heavy atom. The summed E-state index contributed by atoms with van der Waals surface area (Å²) < 4.78 is 20.8. The van der Waals surface area contributed by atoms with Crippen molar-refractivity contribution in [3.05, 3.63) is 64.3 Å². The van der Waals surface area contributed by atoms with Crippen molar-refractivity contribution in [2.45, 2.75) is 39.7 Å². The predicted molar refractivity (Wildman–Crippen MR) is 157 cm³/mol. The van der Waals surface area contributed by atoms with Gasteiger partial charge in [0, 0.05) is 49.2 Å². The Hall–Kier alpha value is -3.10. The molecule has 3 aliphatic heterocycles. The second-order valence-corrected chi connectivity index (χ2v) is 11.5. The first-order valence-corrected chi connectivity index (χ1v) is 14.0. The van der Waals surface area contributed by atoms with E-state index in [9.17, 15) is 4.79 Å². The molecule has 0 aliphatic carbocycles. The Labute approximate surface area is 228 Å². The zero-order chi connectivity index (χ0) is 27.0. The molecule has 38 heavy (non-hydrogen) atoms. The zero-order valence-electron chi connectivity index (χ0n) is 22.8. The number of anilines is 2. The number of benzene rings is 2. The fourth-order valence-electron chi connectivity index (χ4n) is 5.32. The second-order valence-electron chi connectivity index (χ2n) is 10.5. The molecule has 3 aliphatic rings. The van der Waals surface area contributed by atoms with Gasteiger partial charge in [-0.3, -0.25) is 9.69 Å². The van der Waals surface area contributed by atoms with Crippen LogP contribution in [0.4, 0.5) is 21.5 Å². The van der Waals surface area contributed by atoms with E-state index in [1.807, 2.05) is 30.3 Å². The fraction of sp³-hybridized carbons (Fsp3) is 0.400. The Morgan fingerprint density at radius 2 is 1.87 bits per heavy atom. The number of nitrogens with zero attached hydrogens (tertiary/aromatic N) is 4. The van der Waals surface area contributed by atoms with Crippen molar-refractivity contribution < 1.29 is 13.9 Å². The van der Waals surface area contributed by atoms with Crippen LogP contribution < -0.4 is 9.80 Å². The highest BCUT2D eigenvalue weighted by atomic mass is 32.2. The number of aliphatic imine (C=N–C) groups is 1. The lowest BCUT2D eigenvalue weighted by atomic mass is 9.87. The van der Waals surface area contributed by atoms with Crippen molar-refractivity contribution in [3.63, 3.8) is 0 Å². The van der Waals surface area contributed by atoms with Gasteiger partial charge in [0.05, 0.1) is 29.3 Å². The number of thioether (sulfide) groups is 1. The van der Waals surface area contributed by atoms with Crippen LogP contribution in [-0.2, 0) is 9.53 Å². The summed E-state index contributed by atoms with van der Waals surface area (Å²) in [5.41, 5.74) is 5.14. The minimum Gasteiger partial charge on any atom is -0.378 e. The summed E-state index contributed by atoms with van der Waals surface area (Å²) in [5.74, 6) is -0.514. The number of morpholine rings is 1. The minimum absolute atomic E-state index is 0.184. The maximum atomic E-state index is 15.4. The van der Waals surface area contributed by atoms with Crippen molar-refractivity contribution in [2.24, 2.45) is 4.99 Å². The predicted octanol–water partition coefficient (Wildman–Crippen LogP) is 6.31. The van der Waals surface area contributed by atoms with Crippen molar-refractivity contribution in [1.29, 1.82) is 0 Å². The molecule has 2 aromatic carbocycles. The number of fused-ring (bicyclic) bond motifs is 1. The van der Waals surface area contributed by atoms with Crippen LogP contribution >= 0.6 is 11.8 Å². The Bertz CT molecular complexity index is 1330. The monoisotopic (exact) mass is 534 g/mol. The van der Waals surface area contributed by atoms with Gasteiger partial charge in [-0.2, -0.15) is 0 Å². The number of amidine groups is 1. The molecule has 5 rings (SSSR count). The molecule has 0 spiro atoms. The maximum absolute atomic E-state index is 15.4. The molecule has 2 aromatic rings. The summed E-state index contributed by atoms with van der Waals surface area (Å²) in [6, 6.07) is 11.5. The molecule has 6 nitrogen and oxygen atoms in total. The van der Waals surface area contributed by atoms with Crippen LogP contribution in [0.1, 0.15) is 45.2 Å². The van der Waals surface area contributed by atoms with E-state index in [2.05, 4.69) is 43.6 Å². The summed E-state index contributed by atoms with van der Waals surface area (Å²) in [6.45, 7) is 12.6. The smallest absolute Gasteiger partial charge is 0.266 e. The van der Waals surface area contributed by atoms with Gasteiger partial charge >= 0.3 is 0 Å². The van der Waals surface area contributed by atoms with Gasteiger partial charge in [-0.25, -0.2) is 9.38 Å². The van der Waals surface area contributed by atoms with Crippen LogP contribution in [0.2, 0.25) is 0 Å². The lowest BCUT2D eigenvalue weighted by molar-refractivity contribution is -0.121. The summed E-state index contributed by atoms with van der Waals surface area (Å²) in [6.07, 6.45) is 4.86. The highest BCUT2D eigenvalue weighted by Gasteiger charge is 2.33. The third kappa shape index (κ3) is 5.12. The number of ether oxygens (including phenoxy) is 1. The van der Waals surface area contributed by atoms with Crippen LogP contribution in [0.15, 0.2) is 52.4 Å². The van der Waals surface area contributed by atoms with E-state index in [1.54, 1.807) is 19.2 Å². The number of amides is 1. The zero-order valence-corrected chi connectivity index (χ0v) is 23.6. The van der Waals surface area contributed by atoms with Crippen LogP contribution in [0, 0.1) is 5.82 Å². The first-order valence-electron chi connectivity index (χ1n) is 13.2. The van der Waals surface area contributed by atoms with Crippen LogP contribution in [0.5, 0.6) is 0 Å². The number of rotatable bonds is 5. The molecule has 0 N–H and O–H groups in total. The molecule has 0 saturated carbocycles. The first kappa shape index (κ1) is 26.5. The fourth-order valence-corrected chi connectivity index (χ4v) is 6.30. The quantitative estimate of drug-likeness (QED) is 0.421. The average Bonchev–Trinajstić information content (AvgIpc) is 3.15. The van der Waals surface area contributed by atoms with Crippen molar-refractivity contribution >= 4 is 51.5 Å². The van der Waals surface area contributed by atoms with Gasteiger partial charge in [-0.15, -0.1) is 0 Å². The molecule has 1 amide bonds. The molecule has 2 fully saturated rings. The number of carbonyl (C=O) groups excluding carboxylic acids is 1. The van der Waals surface area contributed by atoms with Gasteiger partial charge in [0.15, 0.2) is 5.17 Å². The van der Waals surface area contributed by atoms with Crippen LogP contribution in [0.25, 0.3) is 11.6 Å². The normalized spacial score (nSPS) is 21.4. The largest absolute Gasteiger partial charge is 0.378 e. The minimum atomic E-state index is -0.331. The summed E-state index contributed by atoms with van der Waals surface area (Å²) >= 11 is 1.27. The van der Waals surface area contributed by atoms with E-state index in [0.29, 0.717) is 15.6 Å². The molecular formula is C30H35FN4O2S. The van der Waals surface area contributed by atoms with E-state index in [0.717, 1.165) is 67.5 Å². The number of hydrogen-bond donors (Lipinski definition) is 0. The Balaban J connectivity index is 1.41. The van der Waals surface area contributed by atoms with E-state index in [1.165, 1.54) is 16.7 Å². The van der Waals surface area contributed by atoms with Gasteiger partial charge in [0.2, 0.25) is 0 Å². The van der Waals surface area contributed by atoms with E-state index in [-0.39, 0.29) is 17.3 Å². The van der Waals surface area contributed by atoms with E-state index >= 15 is 4.39 Å². The Kier molecular flexibility index (Phi) is 7.38. The van der Waals surface area contributed by atoms with Crippen molar-refractivity contribution in [2.75, 3.05) is 49.7 Å². The molecule has 0 atom stereocenters. The van der Waals surface area contributed by atoms with Gasteiger partial charge in [-0.1, -0.05) is 13.0 Å². The summed E-state index contributed by atoms with van der Waals surface area (Å²) in [7, 11) is 1.71. The average molecular weight is 535 g/mol. The van der Waals surface area contributed by atoms with Crippen LogP contribution in [-0.4, -0.2) is 61.4 Å². The number of halogens is 1. The van der Waals surface area contributed by atoms with Gasteiger partial charge in [0.1, 0.15) is 5.82 Å². The molecular weight excluding hydrogens is 499 g/mol. The topological polar surface area (TPSA) is 48.4 Å². The highest BCUT2D eigenvalue weighted by Crippen LogP contribution is 2.41. The standard InChI is InChI=1S/C30H35FN4O2S/c1-6-11-35-26-18-25(31)21(16-24(26)20(2)19-30(35,3)4)17-27-28(36)33(5)29(38-27)32-22-7-9-23(10-8-22)34-12-14-37-15-13-34/h7-10,16-19H,6,11-15H2,1-5H3/b27-17+,32-29?. The van der Waals surface area contributed by atoms with E-state index in [4.69, 9.17) is 9.73 Å². The molecule has 0 radical (unpaired) electrons. The molecule has 3 heterocycles. The molecule has 0 bridgehead atoms. The maximum Gasteiger partial charge on any atom is 0.266 e. The number of allylic oxidation sites excluding steroid dienone is 1. The highest BCUT2D eigenvalue weighted by molar-refractivity contribution is 8.18. The van der Waals surface area contributed by atoms with Crippen molar-refractivity contribution in [1.82, 2.24) is 4.90 Å².